The SMILES string of the molecule is Cc1ccccc1[C@H](NC(=O)CN(c1ccc(I)cc1)S(C)(=O)=O)c1ccccc1. The molecule has 3 aromatic carbocycles. The third-order valence-electron chi connectivity index (χ3n) is 4.74. The van der Waals surface area contributed by atoms with E-state index in [0.29, 0.717) is 5.69 Å². The molecule has 156 valence electrons. The van der Waals surface area contributed by atoms with Crippen LogP contribution in [0.5, 0.6) is 0 Å². The Hall–Kier alpha value is -2.39. The lowest BCUT2D eigenvalue weighted by Crippen LogP contribution is -2.42. The number of halogens is 1. The number of hydrogen-bond acceptors (Lipinski definition) is 3. The fourth-order valence-electron chi connectivity index (χ4n) is 3.24. The molecule has 0 radical (unpaired) electrons. The van der Waals surface area contributed by atoms with Crippen molar-refractivity contribution in [2.75, 3.05) is 17.1 Å². The molecule has 0 unspecified atom stereocenters. The summed E-state index contributed by atoms with van der Waals surface area (Å²) >= 11 is 2.15. The Balaban J connectivity index is 1.90. The second-order valence-electron chi connectivity index (χ2n) is 7.01. The van der Waals surface area contributed by atoms with Crippen LogP contribution >= 0.6 is 22.6 Å². The van der Waals surface area contributed by atoms with Gasteiger partial charge in [-0.3, -0.25) is 9.10 Å². The molecule has 0 aliphatic heterocycles. The third kappa shape index (κ3) is 5.60. The van der Waals surface area contributed by atoms with Gasteiger partial charge in [-0.1, -0.05) is 54.6 Å². The normalized spacial score (nSPS) is 12.2. The Morgan fingerprint density at radius 3 is 2.17 bits per heavy atom. The minimum absolute atomic E-state index is 0.297. The molecular weight excluding hydrogens is 511 g/mol. The van der Waals surface area contributed by atoms with Crippen LogP contribution in [-0.4, -0.2) is 27.1 Å². The molecule has 1 amide bonds. The molecule has 5 nitrogen and oxygen atoms in total. The summed E-state index contributed by atoms with van der Waals surface area (Å²) in [6.07, 6.45) is 1.11. The first kappa shape index (κ1) is 22.3. The number of carbonyl (C=O) groups is 1. The lowest BCUT2D eigenvalue weighted by atomic mass is 9.95. The zero-order valence-corrected chi connectivity index (χ0v) is 19.7. The molecular formula is C23H23IN2O3S. The van der Waals surface area contributed by atoms with E-state index in [-0.39, 0.29) is 18.5 Å². The number of hydrogen-bond donors (Lipinski definition) is 1. The molecule has 0 saturated heterocycles. The summed E-state index contributed by atoms with van der Waals surface area (Å²) in [5.41, 5.74) is 3.40. The Kier molecular flexibility index (Phi) is 7.14. The number of sulfonamides is 1. The summed E-state index contributed by atoms with van der Waals surface area (Å²) in [4.78, 5) is 13.0. The van der Waals surface area contributed by atoms with Gasteiger partial charge in [0.25, 0.3) is 0 Å². The van der Waals surface area contributed by atoms with Gasteiger partial charge in [0.2, 0.25) is 15.9 Å². The summed E-state index contributed by atoms with van der Waals surface area (Å²) in [7, 11) is -3.63. The van der Waals surface area contributed by atoms with Crippen LogP contribution < -0.4 is 9.62 Å². The van der Waals surface area contributed by atoms with Gasteiger partial charge >= 0.3 is 0 Å². The largest absolute Gasteiger partial charge is 0.344 e. The van der Waals surface area contributed by atoms with Gasteiger partial charge in [-0.05, 0) is 70.5 Å². The van der Waals surface area contributed by atoms with Crippen molar-refractivity contribution < 1.29 is 13.2 Å². The first-order valence-electron chi connectivity index (χ1n) is 9.39. The van der Waals surface area contributed by atoms with Crippen molar-refractivity contribution in [2.45, 2.75) is 13.0 Å². The van der Waals surface area contributed by atoms with Gasteiger partial charge in [-0.25, -0.2) is 8.42 Å². The fourth-order valence-corrected chi connectivity index (χ4v) is 4.46. The van der Waals surface area contributed by atoms with Crippen LogP contribution in [0.3, 0.4) is 0 Å². The number of rotatable bonds is 7. The maximum absolute atomic E-state index is 13.0. The van der Waals surface area contributed by atoms with Gasteiger partial charge in [-0.15, -0.1) is 0 Å². The lowest BCUT2D eigenvalue weighted by molar-refractivity contribution is -0.120. The van der Waals surface area contributed by atoms with Crippen molar-refractivity contribution in [3.63, 3.8) is 0 Å². The molecule has 0 aliphatic rings. The summed E-state index contributed by atoms with van der Waals surface area (Å²) in [6.45, 7) is 1.69. The maximum atomic E-state index is 13.0. The molecule has 1 N–H and O–H groups in total. The van der Waals surface area contributed by atoms with Crippen LogP contribution in [0.1, 0.15) is 22.7 Å². The molecule has 0 aromatic heterocycles. The molecule has 0 bridgehead atoms. The summed E-state index contributed by atoms with van der Waals surface area (Å²) < 4.78 is 26.9. The number of carbonyl (C=O) groups excluding carboxylic acids is 1. The highest BCUT2D eigenvalue weighted by Gasteiger charge is 2.24. The number of nitrogens with zero attached hydrogens (tertiary/aromatic N) is 1. The number of anilines is 1. The average Bonchev–Trinajstić information content (AvgIpc) is 2.71. The van der Waals surface area contributed by atoms with Crippen LogP contribution in [0, 0.1) is 10.5 Å². The summed E-state index contributed by atoms with van der Waals surface area (Å²) in [5, 5.41) is 3.03. The van der Waals surface area contributed by atoms with Crippen molar-refractivity contribution in [3.05, 3.63) is 99.1 Å². The first-order valence-corrected chi connectivity index (χ1v) is 12.3. The average molecular weight is 534 g/mol. The predicted octanol–water partition coefficient (Wildman–Crippen LogP) is 4.27. The highest BCUT2D eigenvalue weighted by molar-refractivity contribution is 14.1. The Bertz CT molecular complexity index is 1120. The Labute approximate surface area is 191 Å². The highest BCUT2D eigenvalue weighted by Crippen LogP contribution is 2.25. The second-order valence-corrected chi connectivity index (χ2v) is 10.2. The van der Waals surface area contributed by atoms with Crippen LogP contribution in [0.25, 0.3) is 0 Å². The van der Waals surface area contributed by atoms with E-state index in [9.17, 15) is 13.2 Å². The van der Waals surface area contributed by atoms with E-state index in [2.05, 4.69) is 27.9 Å². The van der Waals surface area contributed by atoms with Gasteiger partial charge < -0.3 is 5.32 Å². The van der Waals surface area contributed by atoms with Crippen molar-refractivity contribution in [2.24, 2.45) is 0 Å². The minimum Gasteiger partial charge on any atom is -0.344 e. The quantitative estimate of drug-likeness (QED) is 0.461. The molecule has 1 atom stereocenters. The standard InChI is InChI=1S/C23H23IN2O3S/c1-17-8-6-7-11-21(17)23(18-9-4-3-5-10-18)25-22(27)16-26(30(2,28)29)20-14-12-19(24)13-15-20/h3-15,23H,16H2,1-2H3,(H,25,27)/t23-/m1/s1. The number of amides is 1. The first-order chi connectivity index (χ1) is 14.3. The molecule has 0 fully saturated rings. The van der Waals surface area contributed by atoms with Crippen LogP contribution in [0.4, 0.5) is 5.69 Å². The third-order valence-corrected chi connectivity index (χ3v) is 6.60. The number of aryl methyl sites for hydroxylation is 1. The predicted molar refractivity (Wildman–Crippen MR) is 129 cm³/mol. The van der Waals surface area contributed by atoms with Crippen molar-refractivity contribution >= 4 is 44.2 Å². The Morgan fingerprint density at radius 2 is 1.57 bits per heavy atom. The van der Waals surface area contributed by atoms with E-state index in [0.717, 1.165) is 30.8 Å². The van der Waals surface area contributed by atoms with Crippen LogP contribution in [-0.2, 0) is 14.8 Å². The number of nitrogens with one attached hydrogen (secondary N) is 1. The van der Waals surface area contributed by atoms with Crippen molar-refractivity contribution in [1.29, 1.82) is 0 Å². The molecule has 3 rings (SSSR count). The lowest BCUT2D eigenvalue weighted by Gasteiger charge is -2.25. The van der Waals surface area contributed by atoms with E-state index in [1.165, 1.54) is 0 Å². The number of benzene rings is 3. The van der Waals surface area contributed by atoms with Crippen molar-refractivity contribution in [1.82, 2.24) is 5.32 Å². The van der Waals surface area contributed by atoms with E-state index in [1.54, 1.807) is 12.1 Å². The van der Waals surface area contributed by atoms with E-state index in [1.807, 2.05) is 73.7 Å². The monoisotopic (exact) mass is 534 g/mol. The van der Waals surface area contributed by atoms with Crippen LogP contribution in [0.2, 0.25) is 0 Å². The van der Waals surface area contributed by atoms with E-state index >= 15 is 0 Å². The molecule has 0 aliphatic carbocycles. The highest BCUT2D eigenvalue weighted by atomic mass is 127. The second kappa shape index (κ2) is 9.61. The molecule has 0 saturated carbocycles. The van der Waals surface area contributed by atoms with E-state index < -0.39 is 10.0 Å². The zero-order chi connectivity index (χ0) is 21.7. The fraction of sp³-hybridized carbons (Fsp3) is 0.174. The van der Waals surface area contributed by atoms with Gasteiger partial charge in [0.1, 0.15) is 6.54 Å². The smallest absolute Gasteiger partial charge is 0.241 e. The minimum atomic E-state index is -3.63. The molecule has 3 aromatic rings. The Morgan fingerprint density at radius 1 is 0.967 bits per heavy atom. The van der Waals surface area contributed by atoms with Crippen LogP contribution in [0.15, 0.2) is 78.9 Å². The van der Waals surface area contributed by atoms with Gasteiger partial charge in [-0.2, -0.15) is 0 Å². The topological polar surface area (TPSA) is 66.5 Å². The van der Waals surface area contributed by atoms with Gasteiger partial charge in [0.05, 0.1) is 18.0 Å². The molecule has 0 heterocycles. The molecule has 30 heavy (non-hydrogen) atoms. The van der Waals surface area contributed by atoms with Gasteiger partial charge in [0, 0.05) is 3.57 Å². The molecule has 7 heteroatoms. The zero-order valence-electron chi connectivity index (χ0n) is 16.7. The summed E-state index contributed by atoms with van der Waals surface area (Å²) in [5.74, 6) is -0.379. The summed E-state index contributed by atoms with van der Waals surface area (Å²) in [6, 6.07) is 24.1. The maximum Gasteiger partial charge on any atom is 0.241 e. The van der Waals surface area contributed by atoms with E-state index in [4.69, 9.17) is 0 Å². The van der Waals surface area contributed by atoms with Crippen molar-refractivity contribution in [3.8, 4) is 0 Å². The van der Waals surface area contributed by atoms with Gasteiger partial charge in [0.15, 0.2) is 0 Å². The molecule has 0 spiro atoms.